The number of alkyl halides is 3. The molecule has 0 aliphatic carbocycles. The average molecular weight is 640 g/mol. The standard InChI is InChI=1S/C30H28F3N7O2S2/c1-18(2)24-13-4-19(3)14-25(24)40-26(41)16-44-29(40)36-28(43)37-35-15-20-5-7-21(8-6-20)27-34-17-39(38-27)22-9-11-23(12-10-22)42-30(31,32)33/h4-15,17-18,26,41H,16H2,1-3H3,(H,37,43)/b35-15+,36-29-. The van der Waals surface area contributed by atoms with Gasteiger partial charge in [0.05, 0.1) is 11.9 Å². The normalized spacial score (nSPS) is 16.3. The van der Waals surface area contributed by atoms with Gasteiger partial charge >= 0.3 is 6.36 Å². The summed E-state index contributed by atoms with van der Waals surface area (Å²) in [7, 11) is 0. The van der Waals surface area contributed by atoms with Gasteiger partial charge in [-0.15, -0.1) is 18.3 Å². The number of aliphatic hydroxyl groups is 1. The summed E-state index contributed by atoms with van der Waals surface area (Å²) in [6.45, 7) is 6.24. The molecule has 0 radical (unpaired) electrons. The van der Waals surface area contributed by atoms with E-state index in [1.807, 2.05) is 42.2 Å². The number of aryl methyl sites for hydroxylation is 1. The number of thioether (sulfide) groups is 1. The van der Waals surface area contributed by atoms with Crippen LogP contribution in [0.3, 0.4) is 0 Å². The molecular weight excluding hydrogens is 612 g/mol. The van der Waals surface area contributed by atoms with Gasteiger partial charge in [-0.05, 0) is 72.1 Å². The van der Waals surface area contributed by atoms with E-state index in [1.165, 1.54) is 47.0 Å². The van der Waals surface area contributed by atoms with E-state index >= 15 is 0 Å². The Morgan fingerprint density at radius 3 is 2.55 bits per heavy atom. The third kappa shape index (κ3) is 7.62. The zero-order valence-corrected chi connectivity index (χ0v) is 25.5. The van der Waals surface area contributed by atoms with Crippen molar-refractivity contribution in [3.05, 3.63) is 89.7 Å². The Morgan fingerprint density at radius 1 is 1.14 bits per heavy atom. The fourth-order valence-electron chi connectivity index (χ4n) is 4.43. The van der Waals surface area contributed by atoms with Crippen LogP contribution in [-0.4, -0.2) is 54.7 Å². The number of benzene rings is 3. The van der Waals surface area contributed by atoms with Crippen molar-refractivity contribution in [2.45, 2.75) is 39.3 Å². The summed E-state index contributed by atoms with van der Waals surface area (Å²) in [6, 6.07) is 18.8. The van der Waals surface area contributed by atoms with Gasteiger partial charge in [0.25, 0.3) is 0 Å². The lowest BCUT2D eigenvalue weighted by atomic mass is 9.98. The van der Waals surface area contributed by atoms with Gasteiger partial charge in [0.1, 0.15) is 18.3 Å². The Kier molecular flexibility index (Phi) is 9.32. The molecule has 3 aromatic carbocycles. The highest BCUT2D eigenvalue weighted by molar-refractivity contribution is 8.14. The number of hydrogen-bond acceptors (Lipinski definition) is 7. The molecule has 1 saturated heterocycles. The van der Waals surface area contributed by atoms with Crippen molar-refractivity contribution in [2.24, 2.45) is 10.1 Å². The van der Waals surface area contributed by atoms with E-state index < -0.39 is 12.6 Å². The second-order valence-electron chi connectivity index (χ2n) is 10.1. The highest BCUT2D eigenvalue weighted by Gasteiger charge is 2.32. The number of aliphatic hydroxyl groups excluding tert-OH is 1. The third-order valence-corrected chi connectivity index (χ3v) is 7.69. The van der Waals surface area contributed by atoms with Gasteiger partial charge in [-0.25, -0.2) is 9.67 Å². The Hall–Kier alpha value is -4.27. The van der Waals surface area contributed by atoms with Crippen molar-refractivity contribution in [3.8, 4) is 22.8 Å². The number of aliphatic imine (C=N–C) groups is 1. The van der Waals surface area contributed by atoms with Crippen LogP contribution < -0.4 is 15.1 Å². The molecule has 0 saturated carbocycles. The smallest absolute Gasteiger partial charge is 0.406 e. The largest absolute Gasteiger partial charge is 0.573 e. The lowest BCUT2D eigenvalue weighted by Crippen LogP contribution is -2.35. The highest BCUT2D eigenvalue weighted by Crippen LogP contribution is 2.35. The van der Waals surface area contributed by atoms with Gasteiger partial charge < -0.3 is 9.84 Å². The first-order valence-corrected chi connectivity index (χ1v) is 14.9. The zero-order valence-electron chi connectivity index (χ0n) is 23.9. The molecule has 1 fully saturated rings. The molecule has 1 aromatic heterocycles. The van der Waals surface area contributed by atoms with Gasteiger partial charge in [0.15, 0.2) is 11.0 Å². The molecule has 9 nitrogen and oxygen atoms in total. The quantitative estimate of drug-likeness (QED) is 0.136. The second-order valence-corrected chi connectivity index (χ2v) is 11.5. The molecule has 5 rings (SSSR count). The summed E-state index contributed by atoms with van der Waals surface area (Å²) < 4.78 is 42.6. The Morgan fingerprint density at radius 2 is 1.86 bits per heavy atom. The zero-order chi connectivity index (χ0) is 31.4. The van der Waals surface area contributed by atoms with Crippen molar-refractivity contribution in [1.29, 1.82) is 0 Å². The summed E-state index contributed by atoms with van der Waals surface area (Å²) in [5.74, 6) is 0.856. The number of ether oxygens (including phenoxy) is 1. The minimum absolute atomic E-state index is 0.158. The van der Waals surface area contributed by atoms with Crippen molar-refractivity contribution in [3.63, 3.8) is 0 Å². The van der Waals surface area contributed by atoms with Gasteiger partial charge in [-0.2, -0.15) is 10.1 Å². The summed E-state index contributed by atoms with van der Waals surface area (Å²) in [6.07, 6.45) is -2.40. The fraction of sp³-hybridized carbons (Fsp3) is 0.233. The molecule has 1 atom stereocenters. The van der Waals surface area contributed by atoms with E-state index in [2.05, 4.69) is 56.3 Å². The molecule has 4 aromatic rings. The summed E-state index contributed by atoms with van der Waals surface area (Å²) >= 11 is 6.83. The maximum absolute atomic E-state index is 12.4. The molecule has 14 heteroatoms. The SMILES string of the molecule is Cc1ccc(C(C)C)c(N2/C(=N/C(=S)N/N=C/c3ccc(-c4ncn(-c5ccc(OC(F)(F)F)cc5)n4)cc3)SCC2O)c1. The number of aromatic nitrogens is 3. The molecular formula is C30H28F3N7O2S2. The van der Waals surface area contributed by atoms with Crippen LogP contribution in [0.1, 0.15) is 36.5 Å². The molecule has 2 heterocycles. The molecule has 0 spiro atoms. The molecule has 1 unspecified atom stereocenters. The van der Waals surface area contributed by atoms with Crippen molar-refractivity contribution in [1.82, 2.24) is 20.2 Å². The Balaban J connectivity index is 1.21. The number of hydrogen-bond donors (Lipinski definition) is 2. The molecule has 44 heavy (non-hydrogen) atoms. The predicted molar refractivity (Wildman–Crippen MR) is 170 cm³/mol. The highest BCUT2D eigenvalue weighted by atomic mass is 32.2. The van der Waals surface area contributed by atoms with E-state index in [1.54, 1.807) is 6.21 Å². The number of rotatable bonds is 7. The number of halogens is 3. The summed E-state index contributed by atoms with van der Waals surface area (Å²) in [4.78, 5) is 10.6. The van der Waals surface area contributed by atoms with E-state index in [9.17, 15) is 18.3 Å². The second kappa shape index (κ2) is 13.2. The van der Waals surface area contributed by atoms with Crippen molar-refractivity contribution < 1.29 is 23.0 Å². The van der Waals surface area contributed by atoms with Crippen LogP contribution in [0.2, 0.25) is 0 Å². The van der Waals surface area contributed by atoms with E-state index in [-0.39, 0.29) is 16.8 Å². The number of amidine groups is 1. The Bertz CT molecular complexity index is 1690. The third-order valence-electron chi connectivity index (χ3n) is 6.50. The molecule has 0 amide bonds. The fourth-order valence-corrected chi connectivity index (χ4v) is 5.59. The van der Waals surface area contributed by atoms with E-state index in [4.69, 9.17) is 12.2 Å². The molecule has 0 bridgehead atoms. The van der Waals surface area contributed by atoms with Gasteiger partial charge in [0.2, 0.25) is 5.11 Å². The topological polar surface area (TPSA) is 100 Å². The van der Waals surface area contributed by atoms with Crippen LogP contribution in [-0.2, 0) is 0 Å². The number of hydrazone groups is 1. The lowest BCUT2D eigenvalue weighted by Gasteiger charge is -2.26. The van der Waals surface area contributed by atoms with Crippen LogP contribution in [0.4, 0.5) is 18.9 Å². The first-order chi connectivity index (χ1) is 21.0. The first-order valence-electron chi connectivity index (χ1n) is 13.5. The first kappa shape index (κ1) is 31.2. The van der Waals surface area contributed by atoms with Gasteiger partial charge in [0, 0.05) is 17.0 Å². The van der Waals surface area contributed by atoms with E-state index in [0.717, 1.165) is 27.9 Å². The number of thiocarbonyl (C=S) groups is 1. The number of nitrogens with one attached hydrogen (secondary N) is 1. The Labute approximate surface area is 261 Å². The maximum Gasteiger partial charge on any atom is 0.573 e. The van der Waals surface area contributed by atoms with Gasteiger partial charge in [-0.3, -0.25) is 10.3 Å². The minimum Gasteiger partial charge on any atom is -0.406 e. The van der Waals surface area contributed by atoms with Crippen LogP contribution in [0.15, 0.2) is 83.2 Å². The molecule has 1 aliphatic rings. The van der Waals surface area contributed by atoms with Crippen LogP contribution in [0, 0.1) is 6.92 Å². The average Bonchev–Trinajstić information content (AvgIpc) is 3.60. The number of anilines is 1. The van der Waals surface area contributed by atoms with Crippen LogP contribution in [0.5, 0.6) is 5.75 Å². The lowest BCUT2D eigenvalue weighted by molar-refractivity contribution is -0.274. The van der Waals surface area contributed by atoms with Gasteiger partial charge in [-0.1, -0.05) is 62.0 Å². The summed E-state index contributed by atoms with van der Waals surface area (Å²) in [5.41, 5.74) is 7.93. The van der Waals surface area contributed by atoms with Crippen molar-refractivity contribution >= 4 is 46.2 Å². The van der Waals surface area contributed by atoms with Crippen molar-refractivity contribution in [2.75, 3.05) is 10.7 Å². The van der Waals surface area contributed by atoms with E-state index in [0.29, 0.717) is 22.4 Å². The summed E-state index contributed by atoms with van der Waals surface area (Å²) in [5, 5.41) is 20.1. The van der Waals surface area contributed by atoms with Crippen LogP contribution in [0.25, 0.3) is 17.1 Å². The molecule has 1 aliphatic heterocycles. The van der Waals surface area contributed by atoms with Crippen LogP contribution >= 0.6 is 24.0 Å². The molecule has 228 valence electrons. The predicted octanol–water partition coefficient (Wildman–Crippen LogP) is 6.40. The maximum atomic E-state index is 12.4. The monoisotopic (exact) mass is 639 g/mol. The molecule has 2 N–H and O–H groups in total. The number of nitrogens with zero attached hydrogens (tertiary/aromatic N) is 6. The minimum atomic E-state index is -4.75.